The molecule has 0 radical (unpaired) electrons. The van der Waals surface area contributed by atoms with Gasteiger partial charge in [0.1, 0.15) is 0 Å². The summed E-state index contributed by atoms with van der Waals surface area (Å²) >= 11 is 11.9. The van der Waals surface area contributed by atoms with Gasteiger partial charge >= 0.3 is 0 Å². The molecular formula is C20H21ClN6O2S. The average molecular weight is 445 g/mol. The molecule has 4 rings (SSSR count). The lowest BCUT2D eigenvalue weighted by Gasteiger charge is -2.35. The SMILES string of the molecule is Cn1c(-c2ccccc2Cl)nn(CN2CCN(c3ccc([N+](=O)[O-])cc3)CC2)c1=S. The van der Waals surface area contributed by atoms with E-state index in [0.717, 1.165) is 43.3 Å². The van der Waals surface area contributed by atoms with E-state index in [1.54, 1.807) is 24.3 Å². The van der Waals surface area contributed by atoms with Crippen LogP contribution in [0.2, 0.25) is 5.02 Å². The van der Waals surface area contributed by atoms with Gasteiger partial charge in [-0.2, -0.15) is 5.10 Å². The van der Waals surface area contributed by atoms with Gasteiger partial charge in [-0.1, -0.05) is 23.7 Å². The second-order valence-electron chi connectivity index (χ2n) is 7.16. The third-order valence-corrected chi connectivity index (χ3v) is 6.10. The molecule has 0 atom stereocenters. The zero-order valence-corrected chi connectivity index (χ0v) is 18.0. The Hall–Kier alpha value is -2.75. The molecule has 1 aromatic heterocycles. The number of nitrogens with zero attached hydrogens (tertiary/aromatic N) is 6. The number of nitro benzene ring substituents is 1. The predicted molar refractivity (Wildman–Crippen MR) is 119 cm³/mol. The van der Waals surface area contributed by atoms with Crippen LogP contribution in [0.5, 0.6) is 0 Å². The molecule has 1 saturated heterocycles. The molecule has 156 valence electrons. The minimum Gasteiger partial charge on any atom is -0.369 e. The molecule has 0 saturated carbocycles. The third-order valence-electron chi connectivity index (χ3n) is 5.29. The van der Waals surface area contributed by atoms with Crippen LogP contribution >= 0.6 is 23.8 Å². The Labute approximate surface area is 184 Å². The molecule has 0 aliphatic carbocycles. The molecule has 3 aromatic rings. The molecular weight excluding hydrogens is 424 g/mol. The van der Waals surface area contributed by atoms with Crippen molar-refractivity contribution in [2.75, 3.05) is 31.1 Å². The average Bonchev–Trinajstić information content (AvgIpc) is 3.03. The van der Waals surface area contributed by atoms with Crippen LogP contribution in [0.4, 0.5) is 11.4 Å². The predicted octanol–water partition coefficient (Wildman–Crippen LogP) is 3.96. The molecule has 0 bridgehead atoms. The van der Waals surface area contributed by atoms with Gasteiger partial charge in [-0.15, -0.1) is 0 Å². The van der Waals surface area contributed by atoms with Crippen LogP contribution < -0.4 is 4.90 Å². The number of hydrogen-bond donors (Lipinski definition) is 0. The van der Waals surface area contributed by atoms with Crippen molar-refractivity contribution in [1.82, 2.24) is 19.2 Å². The molecule has 1 aliphatic rings. The normalized spacial score (nSPS) is 14.8. The second-order valence-corrected chi connectivity index (χ2v) is 7.94. The quantitative estimate of drug-likeness (QED) is 0.337. The minimum atomic E-state index is -0.380. The molecule has 8 nitrogen and oxygen atoms in total. The number of halogens is 1. The van der Waals surface area contributed by atoms with E-state index in [4.69, 9.17) is 28.9 Å². The molecule has 2 heterocycles. The van der Waals surface area contributed by atoms with Crippen LogP contribution in [0.3, 0.4) is 0 Å². The first-order valence-electron chi connectivity index (χ1n) is 9.54. The largest absolute Gasteiger partial charge is 0.369 e. The molecule has 10 heteroatoms. The Morgan fingerprint density at radius 2 is 1.77 bits per heavy atom. The topological polar surface area (TPSA) is 72.4 Å². The van der Waals surface area contributed by atoms with E-state index in [0.29, 0.717) is 16.5 Å². The van der Waals surface area contributed by atoms with Gasteiger partial charge in [-0.3, -0.25) is 15.0 Å². The molecule has 1 aliphatic heterocycles. The Morgan fingerprint density at radius 3 is 2.40 bits per heavy atom. The van der Waals surface area contributed by atoms with Gasteiger partial charge in [-0.25, -0.2) is 4.68 Å². The van der Waals surface area contributed by atoms with Crippen molar-refractivity contribution in [1.29, 1.82) is 0 Å². The zero-order chi connectivity index (χ0) is 21.3. The summed E-state index contributed by atoms with van der Waals surface area (Å²) in [6.45, 7) is 3.95. The minimum absolute atomic E-state index is 0.108. The number of hydrogen-bond acceptors (Lipinski definition) is 6. The van der Waals surface area contributed by atoms with Gasteiger partial charge in [0.05, 0.1) is 16.6 Å². The maximum atomic E-state index is 10.8. The Bertz CT molecular complexity index is 1120. The van der Waals surface area contributed by atoms with Crippen molar-refractivity contribution in [3.8, 4) is 11.4 Å². The highest BCUT2D eigenvalue weighted by Crippen LogP contribution is 2.26. The maximum Gasteiger partial charge on any atom is 0.269 e. The lowest BCUT2D eigenvalue weighted by Crippen LogP contribution is -2.47. The molecule has 2 aromatic carbocycles. The summed E-state index contributed by atoms with van der Waals surface area (Å²) in [6.07, 6.45) is 0. The molecule has 30 heavy (non-hydrogen) atoms. The molecule has 0 spiro atoms. The highest BCUT2D eigenvalue weighted by Gasteiger charge is 2.20. The van der Waals surface area contributed by atoms with E-state index >= 15 is 0 Å². The number of anilines is 1. The number of benzene rings is 2. The second kappa shape index (κ2) is 8.55. The van der Waals surface area contributed by atoms with E-state index in [-0.39, 0.29) is 10.6 Å². The fourth-order valence-corrected chi connectivity index (χ4v) is 3.98. The molecule has 0 N–H and O–H groups in total. The van der Waals surface area contributed by atoms with Gasteiger partial charge in [0.15, 0.2) is 10.6 Å². The maximum absolute atomic E-state index is 10.8. The lowest BCUT2D eigenvalue weighted by atomic mass is 10.2. The summed E-state index contributed by atoms with van der Waals surface area (Å²) in [5, 5.41) is 16.2. The first kappa shape index (κ1) is 20.5. The summed E-state index contributed by atoms with van der Waals surface area (Å²) in [7, 11) is 1.90. The number of nitro groups is 1. The van der Waals surface area contributed by atoms with Crippen molar-refractivity contribution in [2.45, 2.75) is 6.67 Å². The summed E-state index contributed by atoms with van der Waals surface area (Å²) < 4.78 is 4.35. The smallest absolute Gasteiger partial charge is 0.269 e. The fraction of sp³-hybridized carbons (Fsp3) is 0.300. The highest BCUT2D eigenvalue weighted by molar-refractivity contribution is 7.71. The van der Waals surface area contributed by atoms with Gasteiger partial charge in [0, 0.05) is 56.6 Å². The van der Waals surface area contributed by atoms with Crippen LogP contribution in [0, 0.1) is 14.9 Å². The van der Waals surface area contributed by atoms with E-state index in [9.17, 15) is 10.1 Å². The lowest BCUT2D eigenvalue weighted by molar-refractivity contribution is -0.384. The van der Waals surface area contributed by atoms with Crippen LogP contribution in [-0.2, 0) is 13.7 Å². The first-order valence-corrected chi connectivity index (χ1v) is 10.3. The summed E-state index contributed by atoms with van der Waals surface area (Å²) in [5.74, 6) is 0.745. The molecule has 0 unspecified atom stereocenters. The third kappa shape index (κ3) is 4.09. The number of aromatic nitrogens is 3. The van der Waals surface area contributed by atoms with E-state index in [2.05, 4.69) is 9.80 Å². The standard InChI is InChI=1S/C20H21ClN6O2S/c1-23-19(17-4-2-3-5-18(17)21)22-26(20(23)30)14-24-10-12-25(13-11-24)15-6-8-16(9-7-15)27(28)29/h2-9H,10-14H2,1H3. The molecule has 0 amide bonds. The summed E-state index contributed by atoms with van der Waals surface area (Å²) in [5.41, 5.74) is 1.96. The van der Waals surface area contributed by atoms with Crippen LogP contribution in [0.15, 0.2) is 48.5 Å². The van der Waals surface area contributed by atoms with E-state index in [1.807, 2.05) is 40.6 Å². The van der Waals surface area contributed by atoms with Gasteiger partial charge in [-0.05, 0) is 36.5 Å². The van der Waals surface area contributed by atoms with Crippen LogP contribution in [0.25, 0.3) is 11.4 Å². The number of rotatable bonds is 5. The molecule has 1 fully saturated rings. The summed E-state index contributed by atoms with van der Waals surface area (Å²) in [4.78, 5) is 15.0. The van der Waals surface area contributed by atoms with E-state index < -0.39 is 0 Å². The first-order chi connectivity index (χ1) is 14.4. The van der Waals surface area contributed by atoms with Gasteiger partial charge in [0.2, 0.25) is 0 Å². The van der Waals surface area contributed by atoms with E-state index in [1.165, 1.54) is 0 Å². The highest BCUT2D eigenvalue weighted by atomic mass is 35.5. The zero-order valence-electron chi connectivity index (χ0n) is 16.4. The Morgan fingerprint density at radius 1 is 1.10 bits per heavy atom. The van der Waals surface area contributed by atoms with Crippen molar-refractivity contribution < 1.29 is 4.92 Å². The Kier molecular flexibility index (Phi) is 5.85. The van der Waals surface area contributed by atoms with Crippen molar-refractivity contribution >= 4 is 35.2 Å². The summed E-state index contributed by atoms with van der Waals surface area (Å²) in [6, 6.07) is 14.3. The van der Waals surface area contributed by atoms with Crippen molar-refractivity contribution in [3.05, 3.63) is 68.4 Å². The Balaban J connectivity index is 1.43. The van der Waals surface area contributed by atoms with Crippen molar-refractivity contribution in [3.63, 3.8) is 0 Å². The van der Waals surface area contributed by atoms with Crippen LogP contribution in [-0.4, -0.2) is 50.3 Å². The van der Waals surface area contributed by atoms with Crippen LogP contribution in [0.1, 0.15) is 0 Å². The van der Waals surface area contributed by atoms with Gasteiger partial charge in [0.25, 0.3) is 5.69 Å². The van der Waals surface area contributed by atoms with Gasteiger partial charge < -0.3 is 9.47 Å². The number of piperazine rings is 1. The number of non-ortho nitro benzene ring substituents is 1. The van der Waals surface area contributed by atoms with Crippen molar-refractivity contribution in [2.24, 2.45) is 7.05 Å². The monoisotopic (exact) mass is 444 g/mol. The fourth-order valence-electron chi connectivity index (χ4n) is 3.58.